The minimum Gasteiger partial charge on any atom is -0.495 e. The van der Waals surface area contributed by atoms with E-state index in [4.69, 9.17) is 16.3 Å². The molecule has 1 aromatic carbocycles. The highest BCUT2D eigenvalue weighted by Crippen LogP contribution is 2.28. The maximum Gasteiger partial charge on any atom is 0.243 e. The number of hydrogen-bond acceptors (Lipinski definition) is 4. The van der Waals surface area contributed by atoms with Crippen molar-refractivity contribution in [2.75, 3.05) is 31.4 Å². The lowest BCUT2D eigenvalue weighted by Gasteiger charge is -2.19. The first-order valence-corrected chi connectivity index (χ1v) is 8.42. The first-order valence-electron chi connectivity index (χ1n) is 6.44. The number of ether oxygens (including phenoxy) is 1. The van der Waals surface area contributed by atoms with Crippen LogP contribution in [0.3, 0.4) is 0 Å². The number of sulfonamides is 1. The standard InChI is InChI=1S/C13H19ClN2O4S/c1-4-16(5-2)21(18,19)10-6-7-12(20-3)11(8-10)15-13(17)9-14/h6-8H,4-5,9H2,1-3H3,(H,15,17). The molecule has 0 unspecified atom stereocenters. The first-order chi connectivity index (χ1) is 9.90. The molecule has 0 aliphatic carbocycles. The fourth-order valence-electron chi connectivity index (χ4n) is 1.84. The molecule has 0 aliphatic rings. The number of halogens is 1. The molecule has 0 saturated heterocycles. The van der Waals surface area contributed by atoms with Crippen LogP contribution in [-0.2, 0) is 14.8 Å². The Morgan fingerprint density at radius 2 is 1.95 bits per heavy atom. The Labute approximate surface area is 130 Å². The van der Waals surface area contributed by atoms with Gasteiger partial charge in [-0.3, -0.25) is 4.79 Å². The van der Waals surface area contributed by atoms with E-state index in [0.29, 0.717) is 18.8 Å². The Morgan fingerprint density at radius 1 is 1.33 bits per heavy atom. The van der Waals surface area contributed by atoms with E-state index in [9.17, 15) is 13.2 Å². The summed E-state index contributed by atoms with van der Waals surface area (Å²) in [5.74, 6) is -0.296. The van der Waals surface area contributed by atoms with E-state index in [1.165, 1.54) is 29.6 Å². The molecule has 0 aromatic heterocycles. The van der Waals surface area contributed by atoms with Crippen LogP contribution in [0.15, 0.2) is 23.1 Å². The summed E-state index contributed by atoms with van der Waals surface area (Å²) in [6.07, 6.45) is 0. The Balaban J connectivity index is 3.27. The number of methoxy groups -OCH3 is 1. The van der Waals surface area contributed by atoms with Gasteiger partial charge in [-0.15, -0.1) is 11.6 Å². The molecule has 21 heavy (non-hydrogen) atoms. The van der Waals surface area contributed by atoms with Gasteiger partial charge in [-0.1, -0.05) is 13.8 Å². The maximum atomic E-state index is 12.4. The van der Waals surface area contributed by atoms with Gasteiger partial charge in [0, 0.05) is 13.1 Å². The van der Waals surface area contributed by atoms with E-state index in [1.807, 2.05) is 0 Å². The molecule has 0 spiro atoms. The molecule has 1 rings (SSSR count). The highest BCUT2D eigenvalue weighted by Gasteiger charge is 2.23. The maximum absolute atomic E-state index is 12.4. The number of carbonyl (C=O) groups excluding carboxylic acids is 1. The number of nitrogens with one attached hydrogen (secondary N) is 1. The van der Waals surface area contributed by atoms with Crippen LogP contribution in [-0.4, -0.2) is 44.7 Å². The van der Waals surface area contributed by atoms with E-state index in [-0.39, 0.29) is 16.5 Å². The summed E-state index contributed by atoms with van der Waals surface area (Å²) < 4.78 is 31.3. The van der Waals surface area contributed by atoms with Gasteiger partial charge >= 0.3 is 0 Å². The average Bonchev–Trinajstić information content (AvgIpc) is 2.47. The largest absolute Gasteiger partial charge is 0.495 e. The summed E-state index contributed by atoms with van der Waals surface area (Å²) in [6.45, 7) is 4.27. The fraction of sp³-hybridized carbons (Fsp3) is 0.462. The highest BCUT2D eigenvalue weighted by atomic mass is 35.5. The Bertz CT molecular complexity index is 600. The summed E-state index contributed by atoms with van der Waals surface area (Å²) in [5.41, 5.74) is 0.274. The smallest absolute Gasteiger partial charge is 0.243 e. The van der Waals surface area contributed by atoms with Crippen molar-refractivity contribution < 1.29 is 17.9 Å². The van der Waals surface area contributed by atoms with Crippen LogP contribution in [0.2, 0.25) is 0 Å². The van der Waals surface area contributed by atoms with Crippen molar-refractivity contribution in [2.24, 2.45) is 0 Å². The van der Waals surface area contributed by atoms with Crippen LogP contribution in [0, 0.1) is 0 Å². The lowest BCUT2D eigenvalue weighted by atomic mass is 10.3. The zero-order valence-corrected chi connectivity index (χ0v) is 13.8. The van der Waals surface area contributed by atoms with Gasteiger partial charge in [0.1, 0.15) is 11.6 Å². The Morgan fingerprint density at radius 3 is 2.43 bits per heavy atom. The molecular weight excluding hydrogens is 316 g/mol. The van der Waals surface area contributed by atoms with Crippen LogP contribution >= 0.6 is 11.6 Å². The molecule has 118 valence electrons. The molecule has 0 heterocycles. The third kappa shape index (κ3) is 4.09. The predicted octanol–water partition coefficient (Wildman–Crippen LogP) is 1.90. The van der Waals surface area contributed by atoms with Crippen LogP contribution < -0.4 is 10.1 Å². The van der Waals surface area contributed by atoms with Crippen molar-refractivity contribution >= 4 is 33.2 Å². The summed E-state index contributed by atoms with van der Waals surface area (Å²) >= 11 is 5.44. The molecule has 0 fully saturated rings. The Kier molecular flexibility index (Phi) is 6.44. The normalized spacial score (nSPS) is 11.5. The zero-order valence-electron chi connectivity index (χ0n) is 12.2. The molecule has 8 heteroatoms. The van der Waals surface area contributed by atoms with Crippen molar-refractivity contribution in [2.45, 2.75) is 18.7 Å². The third-order valence-corrected chi connectivity index (χ3v) is 5.20. The number of carbonyl (C=O) groups is 1. The number of nitrogens with zero attached hydrogens (tertiary/aromatic N) is 1. The van der Waals surface area contributed by atoms with Crippen LogP contribution in [0.5, 0.6) is 5.75 Å². The van der Waals surface area contributed by atoms with Gasteiger partial charge in [-0.05, 0) is 18.2 Å². The second kappa shape index (κ2) is 7.63. The molecule has 1 N–H and O–H groups in total. The quantitative estimate of drug-likeness (QED) is 0.773. The Hall–Kier alpha value is -1.31. The lowest BCUT2D eigenvalue weighted by molar-refractivity contribution is -0.113. The van der Waals surface area contributed by atoms with E-state index in [0.717, 1.165) is 0 Å². The van der Waals surface area contributed by atoms with Crippen molar-refractivity contribution in [1.82, 2.24) is 4.31 Å². The summed E-state index contributed by atoms with van der Waals surface area (Å²) in [5, 5.41) is 2.52. The van der Waals surface area contributed by atoms with E-state index < -0.39 is 15.9 Å². The number of benzene rings is 1. The van der Waals surface area contributed by atoms with Crippen LogP contribution in [0.25, 0.3) is 0 Å². The number of alkyl halides is 1. The summed E-state index contributed by atoms with van der Waals surface area (Å²) in [6, 6.07) is 4.32. The van der Waals surface area contributed by atoms with Crippen molar-refractivity contribution in [3.05, 3.63) is 18.2 Å². The molecule has 1 aromatic rings. The zero-order chi connectivity index (χ0) is 16.0. The average molecular weight is 335 g/mol. The van der Waals surface area contributed by atoms with Crippen LogP contribution in [0.4, 0.5) is 5.69 Å². The minimum absolute atomic E-state index is 0.0943. The second-order valence-corrected chi connectivity index (χ2v) is 6.34. The van der Waals surface area contributed by atoms with Gasteiger partial charge in [-0.25, -0.2) is 8.42 Å². The monoisotopic (exact) mass is 334 g/mol. The van der Waals surface area contributed by atoms with Gasteiger partial charge in [-0.2, -0.15) is 4.31 Å². The van der Waals surface area contributed by atoms with E-state index >= 15 is 0 Å². The van der Waals surface area contributed by atoms with Gasteiger partial charge in [0.05, 0.1) is 17.7 Å². The third-order valence-electron chi connectivity index (χ3n) is 2.91. The van der Waals surface area contributed by atoms with Gasteiger partial charge < -0.3 is 10.1 Å². The molecule has 0 atom stereocenters. The summed E-state index contributed by atoms with van der Waals surface area (Å²) in [7, 11) is -2.16. The second-order valence-electron chi connectivity index (χ2n) is 4.13. The van der Waals surface area contributed by atoms with Crippen LogP contribution in [0.1, 0.15) is 13.8 Å². The molecule has 0 bridgehead atoms. The van der Waals surface area contributed by atoms with Gasteiger partial charge in [0.25, 0.3) is 0 Å². The van der Waals surface area contributed by atoms with Crippen molar-refractivity contribution in [3.63, 3.8) is 0 Å². The highest BCUT2D eigenvalue weighted by molar-refractivity contribution is 7.89. The number of anilines is 1. The first kappa shape index (κ1) is 17.7. The van der Waals surface area contributed by atoms with Crippen molar-refractivity contribution in [3.8, 4) is 5.75 Å². The SMILES string of the molecule is CCN(CC)S(=O)(=O)c1ccc(OC)c(NC(=O)CCl)c1. The molecular formula is C13H19ClN2O4S. The minimum atomic E-state index is -3.60. The molecule has 0 saturated carbocycles. The topological polar surface area (TPSA) is 75.7 Å². The fourth-order valence-corrected chi connectivity index (χ4v) is 3.39. The van der Waals surface area contributed by atoms with Gasteiger partial charge in [0.15, 0.2) is 0 Å². The predicted molar refractivity (Wildman–Crippen MR) is 82.5 cm³/mol. The van der Waals surface area contributed by atoms with Crippen molar-refractivity contribution in [1.29, 1.82) is 0 Å². The molecule has 0 radical (unpaired) electrons. The lowest BCUT2D eigenvalue weighted by Crippen LogP contribution is -2.30. The van der Waals surface area contributed by atoms with E-state index in [2.05, 4.69) is 5.32 Å². The van der Waals surface area contributed by atoms with E-state index in [1.54, 1.807) is 13.8 Å². The number of hydrogen-bond donors (Lipinski definition) is 1. The van der Waals surface area contributed by atoms with Gasteiger partial charge in [0.2, 0.25) is 15.9 Å². The molecule has 1 amide bonds. The summed E-state index contributed by atoms with van der Waals surface area (Å²) in [4.78, 5) is 11.5. The molecule has 6 nitrogen and oxygen atoms in total. The number of amides is 1. The number of rotatable bonds is 7. The molecule has 0 aliphatic heterocycles.